The summed E-state index contributed by atoms with van der Waals surface area (Å²) in [5, 5.41) is 5.21. The smallest absolute Gasteiger partial charge is 0.407 e. The molecule has 9 heteroatoms. The molecule has 0 saturated carbocycles. The predicted octanol–water partition coefficient (Wildman–Crippen LogP) is 1.61. The van der Waals surface area contributed by atoms with Gasteiger partial charge in [-0.15, -0.1) is 0 Å². The molecule has 2 rings (SSSR count). The average molecular weight is 397 g/mol. The number of hydrogen-bond donors (Lipinski definition) is 2. The molecule has 1 aromatic rings. The summed E-state index contributed by atoms with van der Waals surface area (Å²) in [6.07, 6.45) is 2.46. The first-order chi connectivity index (χ1) is 12.9. The third-order valence-electron chi connectivity index (χ3n) is 4.26. The molecule has 0 spiro atoms. The van der Waals surface area contributed by atoms with Gasteiger partial charge in [0.15, 0.2) is 0 Å². The molecule has 1 aromatic carbocycles. The molecule has 0 unspecified atom stereocenters. The number of nitrogens with one attached hydrogen (secondary N) is 2. The minimum Gasteiger partial charge on any atom is -0.450 e. The second-order valence-electron chi connectivity index (χ2n) is 6.28. The normalized spacial score (nSPS) is 15.1. The Morgan fingerprint density at radius 2 is 1.74 bits per heavy atom. The number of amides is 2. The van der Waals surface area contributed by atoms with Crippen LogP contribution in [0.4, 0.5) is 4.79 Å². The number of rotatable bonds is 8. The van der Waals surface area contributed by atoms with Gasteiger partial charge in [-0.3, -0.25) is 4.79 Å². The highest BCUT2D eigenvalue weighted by molar-refractivity contribution is 7.89. The largest absolute Gasteiger partial charge is 0.450 e. The molecule has 0 radical (unpaired) electrons. The van der Waals surface area contributed by atoms with Gasteiger partial charge in [0.2, 0.25) is 15.9 Å². The van der Waals surface area contributed by atoms with E-state index in [9.17, 15) is 18.0 Å². The third kappa shape index (κ3) is 6.51. The second-order valence-corrected chi connectivity index (χ2v) is 8.22. The number of carbonyl (C=O) groups is 2. The zero-order valence-corrected chi connectivity index (χ0v) is 16.4. The molecule has 2 N–H and O–H groups in total. The summed E-state index contributed by atoms with van der Waals surface area (Å²) in [4.78, 5) is 23.2. The van der Waals surface area contributed by atoms with E-state index in [2.05, 4.69) is 10.6 Å². The minimum absolute atomic E-state index is 0.139. The highest BCUT2D eigenvalue weighted by Gasteiger charge is 2.25. The van der Waals surface area contributed by atoms with Crippen molar-refractivity contribution in [2.24, 2.45) is 0 Å². The lowest BCUT2D eigenvalue weighted by molar-refractivity contribution is -0.121. The Hall–Kier alpha value is -2.13. The highest BCUT2D eigenvalue weighted by atomic mass is 32.2. The van der Waals surface area contributed by atoms with Crippen molar-refractivity contribution in [1.29, 1.82) is 0 Å². The Balaban J connectivity index is 1.80. The first kappa shape index (κ1) is 21.2. The minimum atomic E-state index is -3.44. The molecule has 1 heterocycles. The van der Waals surface area contributed by atoms with Gasteiger partial charge in [-0.1, -0.05) is 18.6 Å². The predicted molar refractivity (Wildman–Crippen MR) is 101 cm³/mol. The second kappa shape index (κ2) is 10.3. The van der Waals surface area contributed by atoms with Gasteiger partial charge in [-0.2, -0.15) is 4.31 Å². The van der Waals surface area contributed by atoms with Crippen LogP contribution in [0.1, 0.15) is 38.2 Å². The van der Waals surface area contributed by atoms with Crippen LogP contribution in [0.5, 0.6) is 0 Å². The number of alkyl carbamates (subject to hydrolysis) is 1. The van der Waals surface area contributed by atoms with Crippen LogP contribution >= 0.6 is 0 Å². The lowest BCUT2D eigenvalue weighted by Crippen LogP contribution is -2.35. The summed E-state index contributed by atoms with van der Waals surface area (Å²) < 4.78 is 31.4. The zero-order chi connectivity index (χ0) is 19.7. The van der Waals surface area contributed by atoms with Gasteiger partial charge < -0.3 is 15.4 Å². The fourth-order valence-corrected chi connectivity index (χ4v) is 4.30. The summed E-state index contributed by atoms with van der Waals surface area (Å²) >= 11 is 0. The van der Waals surface area contributed by atoms with Crippen LogP contribution in [-0.2, 0) is 26.1 Å². The van der Waals surface area contributed by atoms with E-state index in [1.54, 1.807) is 31.2 Å². The maximum absolute atomic E-state index is 12.6. The van der Waals surface area contributed by atoms with Crippen molar-refractivity contribution < 1.29 is 22.7 Å². The molecular weight excluding hydrogens is 370 g/mol. The Bertz CT molecular complexity index is 728. The van der Waals surface area contributed by atoms with Gasteiger partial charge >= 0.3 is 6.09 Å². The molecule has 0 aliphatic carbocycles. The van der Waals surface area contributed by atoms with E-state index in [1.807, 2.05) is 0 Å². The molecule has 0 bridgehead atoms. The number of ether oxygens (including phenoxy) is 1. The average Bonchev–Trinajstić information content (AvgIpc) is 2.67. The maximum atomic E-state index is 12.6. The molecule has 8 nitrogen and oxygen atoms in total. The molecule has 0 atom stereocenters. The van der Waals surface area contributed by atoms with Gasteiger partial charge in [0.05, 0.1) is 11.5 Å². The Labute approximate surface area is 160 Å². The highest BCUT2D eigenvalue weighted by Crippen LogP contribution is 2.20. The first-order valence-corrected chi connectivity index (χ1v) is 10.6. The van der Waals surface area contributed by atoms with Crippen LogP contribution in [0, 0.1) is 0 Å². The van der Waals surface area contributed by atoms with Crippen molar-refractivity contribution in [1.82, 2.24) is 14.9 Å². The van der Waals surface area contributed by atoms with Crippen LogP contribution < -0.4 is 10.6 Å². The first-order valence-electron chi connectivity index (χ1n) is 9.20. The molecule has 150 valence electrons. The molecular formula is C18H27N3O5S. The van der Waals surface area contributed by atoms with Gasteiger partial charge in [0, 0.05) is 32.6 Å². The fourth-order valence-electron chi connectivity index (χ4n) is 2.78. The standard InChI is InChI=1S/C18H27N3O5S/c1-2-26-18(23)19-11-10-17(22)20-14-15-6-8-16(9-7-15)27(24,25)21-12-4-3-5-13-21/h6-9H,2-5,10-14H2,1H3,(H,19,23)(H,20,22). The molecule has 27 heavy (non-hydrogen) atoms. The van der Waals surface area contributed by atoms with Crippen molar-refractivity contribution in [3.8, 4) is 0 Å². The van der Waals surface area contributed by atoms with Crippen LogP contribution in [0.2, 0.25) is 0 Å². The van der Waals surface area contributed by atoms with Gasteiger partial charge in [0.1, 0.15) is 0 Å². The quantitative estimate of drug-likeness (QED) is 0.693. The van der Waals surface area contributed by atoms with Crippen LogP contribution in [0.15, 0.2) is 29.2 Å². The topological polar surface area (TPSA) is 105 Å². The summed E-state index contributed by atoms with van der Waals surface area (Å²) in [7, 11) is -3.44. The van der Waals surface area contributed by atoms with E-state index in [0.29, 0.717) is 19.6 Å². The number of sulfonamides is 1. The van der Waals surface area contributed by atoms with Crippen molar-refractivity contribution in [2.45, 2.75) is 44.0 Å². The van der Waals surface area contributed by atoms with Gasteiger partial charge in [-0.05, 0) is 37.5 Å². The summed E-state index contributed by atoms with van der Waals surface area (Å²) in [5.74, 6) is -0.211. The van der Waals surface area contributed by atoms with E-state index < -0.39 is 16.1 Å². The molecule has 1 aliphatic rings. The third-order valence-corrected chi connectivity index (χ3v) is 6.18. The van der Waals surface area contributed by atoms with E-state index in [-0.39, 0.29) is 30.4 Å². The molecule has 1 aliphatic heterocycles. The number of benzene rings is 1. The van der Waals surface area contributed by atoms with E-state index in [0.717, 1.165) is 24.8 Å². The van der Waals surface area contributed by atoms with E-state index in [1.165, 1.54) is 4.31 Å². The van der Waals surface area contributed by atoms with Crippen LogP contribution in [0.25, 0.3) is 0 Å². The summed E-state index contributed by atoms with van der Waals surface area (Å²) in [6.45, 7) is 3.61. The van der Waals surface area contributed by atoms with Crippen molar-refractivity contribution >= 4 is 22.0 Å². The SMILES string of the molecule is CCOC(=O)NCCC(=O)NCc1ccc(S(=O)(=O)N2CCCCC2)cc1. The number of carbonyl (C=O) groups excluding carboxylic acids is 2. The lowest BCUT2D eigenvalue weighted by Gasteiger charge is -2.25. The fraction of sp³-hybridized carbons (Fsp3) is 0.556. The monoisotopic (exact) mass is 397 g/mol. The van der Waals surface area contributed by atoms with Crippen molar-refractivity contribution in [3.63, 3.8) is 0 Å². The Morgan fingerprint density at radius 3 is 2.37 bits per heavy atom. The Morgan fingerprint density at radius 1 is 1.07 bits per heavy atom. The van der Waals surface area contributed by atoms with Crippen LogP contribution in [-0.4, -0.2) is 51.0 Å². The van der Waals surface area contributed by atoms with Crippen molar-refractivity contribution in [2.75, 3.05) is 26.2 Å². The summed E-state index contributed by atoms with van der Waals surface area (Å²) in [6, 6.07) is 6.56. The summed E-state index contributed by atoms with van der Waals surface area (Å²) in [5.41, 5.74) is 0.805. The van der Waals surface area contributed by atoms with Crippen molar-refractivity contribution in [3.05, 3.63) is 29.8 Å². The molecule has 1 saturated heterocycles. The van der Waals surface area contributed by atoms with E-state index in [4.69, 9.17) is 4.74 Å². The maximum Gasteiger partial charge on any atom is 0.407 e. The number of hydrogen-bond acceptors (Lipinski definition) is 5. The molecule has 2 amide bonds. The lowest BCUT2D eigenvalue weighted by atomic mass is 10.2. The number of piperidine rings is 1. The Kier molecular flexibility index (Phi) is 8.05. The zero-order valence-electron chi connectivity index (χ0n) is 15.6. The van der Waals surface area contributed by atoms with Gasteiger partial charge in [0.25, 0.3) is 0 Å². The van der Waals surface area contributed by atoms with E-state index >= 15 is 0 Å². The van der Waals surface area contributed by atoms with Gasteiger partial charge in [-0.25, -0.2) is 13.2 Å². The molecule has 1 fully saturated rings. The number of nitrogens with zero attached hydrogens (tertiary/aromatic N) is 1. The van der Waals surface area contributed by atoms with Crippen LogP contribution in [0.3, 0.4) is 0 Å². The molecule has 0 aromatic heterocycles.